The number of hydrogen-bond donors (Lipinski definition) is 3. The zero-order valence-electron chi connectivity index (χ0n) is 15.3. The van der Waals surface area contributed by atoms with E-state index >= 15 is 0 Å². The van der Waals surface area contributed by atoms with Crippen molar-refractivity contribution in [3.63, 3.8) is 0 Å². The molecular weight excluding hydrogens is 390 g/mol. The number of rotatable bonds is 6. The van der Waals surface area contributed by atoms with Crippen LogP contribution in [-0.2, 0) is 23.0 Å². The van der Waals surface area contributed by atoms with Crippen molar-refractivity contribution in [3.05, 3.63) is 46.8 Å². The second-order valence-corrected chi connectivity index (χ2v) is 8.16. The molecule has 0 atom stereocenters. The van der Waals surface area contributed by atoms with Crippen LogP contribution in [0.3, 0.4) is 0 Å². The van der Waals surface area contributed by atoms with Gasteiger partial charge in [0.2, 0.25) is 10.0 Å². The van der Waals surface area contributed by atoms with Gasteiger partial charge >= 0.3 is 0 Å². The summed E-state index contributed by atoms with van der Waals surface area (Å²) in [6, 6.07) is 6.63. The third-order valence-corrected chi connectivity index (χ3v) is 5.90. The minimum atomic E-state index is -3.59. The maximum Gasteiger partial charge on any atom is 0.274 e. The monoisotopic (exact) mass is 413 g/mol. The summed E-state index contributed by atoms with van der Waals surface area (Å²) in [6.45, 7) is 3.75. The van der Waals surface area contributed by atoms with Crippen molar-refractivity contribution in [2.75, 3.05) is 26.7 Å². The fourth-order valence-electron chi connectivity index (χ4n) is 2.83. The quantitative estimate of drug-likeness (QED) is 0.650. The number of nitrogens with zero attached hydrogens (tertiary/aromatic N) is 2. The molecule has 3 N–H and O–H groups in total. The lowest BCUT2D eigenvalue weighted by Gasteiger charge is -2.18. The van der Waals surface area contributed by atoms with Gasteiger partial charge in [0.05, 0.1) is 4.90 Å². The Morgan fingerprint density at radius 2 is 2.00 bits per heavy atom. The first-order valence-electron chi connectivity index (χ1n) is 8.47. The topological polar surface area (TPSA) is 107 Å². The highest BCUT2D eigenvalue weighted by molar-refractivity contribution is 7.89. The predicted octanol–water partition coefficient (Wildman–Crippen LogP) is 0.836. The average Bonchev–Trinajstić information content (AvgIpc) is 3.05. The Balaban J connectivity index is 0.00000261. The van der Waals surface area contributed by atoms with Crippen LogP contribution in [0.25, 0.3) is 0 Å². The molecule has 1 aliphatic heterocycles. The van der Waals surface area contributed by atoms with E-state index in [1.807, 2.05) is 6.92 Å². The summed E-state index contributed by atoms with van der Waals surface area (Å²) >= 11 is 0. The summed E-state index contributed by atoms with van der Waals surface area (Å²) in [4.78, 5) is 14.3. The number of H-pyrrole nitrogens is 1. The molecule has 2 aromatic rings. The smallest absolute Gasteiger partial charge is 0.274 e. The molecule has 10 heteroatoms. The van der Waals surface area contributed by atoms with E-state index in [0.717, 1.165) is 29.8 Å². The molecule has 1 amide bonds. The molecule has 8 nitrogen and oxygen atoms in total. The number of benzene rings is 1. The van der Waals surface area contributed by atoms with Crippen molar-refractivity contribution in [2.45, 2.75) is 24.8 Å². The number of aryl methyl sites for hydroxylation is 1. The van der Waals surface area contributed by atoms with E-state index < -0.39 is 10.0 Å². The summed E-state index contributed by atoms with van der Waals surface area (Å²) in [7, 11) is -1.95. The molecule has 3 rings (SSSR count). The lowest BCUT2D eigenvalue weighted by molar-refractivity contribution is 0.0790. The summed E-state index contributed by atoms with van der Waals surface area (Å²) in [6.07, 6.45) is 0.815. The molecule has 0 saturated carbocycles. The first-order chi connectivity index (χ1) is 12.4. The Labute approximate surface area is 165 Å². The van der Waals surface area contributed by atoms with Crippen molar-refractivity contribution >= 4 is 28.3 Å². The van der Waals surface area contributed by atoms with Gasteiger partial charge in [0, 0.05) is 50.9 Å². The minimum Gasteiger partial charge on any atom is -0.339 e. The van der Waals surface area contributed by atoms with E-state index in [1.54, 1.807) is 31.3 Å². The molecule has 1 aromatic carbocycles. The SMILES string of the molecule is Cc1ccc(S(=O)(=O)NCCN(C)C(=O)c2n[nH]c3c2CNCC3)cc1.Cl. The molecular formula is C17H24ClN5O3S. The molecule has 0 fully saturated rings. The molecule has 1 aromatic heterocycles. The van der Waals surface area contributed by atoms with Crippen LogP contribution in [0.1, 0.15) is 27.3 Å². The molecule has 0 spiro atoms. The van der Waals surface area contributed by atoms with Gasteiger partial charge in [-0.25, -0.2) is 13.1 Å². The molecule has 1 aliphatic rings. The number of carbonyl (C=O) groups excluding carboxylic acids is 1. The summed E-state index contributed by atoms with van der Waals surface area (Å²) in [5.74, 6) is -0.222. The number of aromatic nitrogens is 2. The van der Waals surface area contributed by atoms with E-state index in [1.165, 1.54) is 4.90 Å². The van der Waals surface area contributed by atoms with Crippen LogP contribution in [0, 0.1) is 6.92 Å². The third kappa shape index (κ3) is 4.86. The normalized spacial score (nSPS) is 13.6. The van der Waals surface area contributed by atoms with Crippen LogP contribution >= 0.6 is 12.4 Å². The molecule has 0 bridgehead atoms. The Bertz CT molecular complexity index is 896. The highest BCUT2D eigenvalue weighted by Gasteiger charge is 2.24. The van der Waals surface area contributed by atoms with E-state index in [2.05, 4.69) is 20.2 Å². The second kappa shape index (κ2) is 8.83. The van der Waals surface area contributed by atoms with Crippen molar-refractivity contribution in [3.8, 4) is 0 Å². The van der Waals surface area contributed by atoms with Crippen LogP contribution < -0.4 is 10.0 Å². The molecule has 0 saturated heterocycles. The fourth-order valence-corrected chi connectivity index (χ4v) is 3.85. The van der Waals surface area contributed by atoms with Crippen molar-refractivity contribution in [2.24, 2.45) is 0 Å². The minimum absolute atomic E-state index is 0. The van der Waals surface area contributed by atoms with E-state index in [9.17, 15) is 13.2 Å². The van der Waals surface area contributed by atoms with Crippen LogP contribution in [0.2, 0.25) is 0 Å². The van der Waals surface area contributed by atoms with Gasteiger partial charge in [0.25, 0.3) is 5.91 Å². The Hall–Kier alpha value is -1.94. The van der Waals surface area contributed by atoms with Crippen LogP contribution in [0.15, 0.2) is 29.2 Å². The van der Waals surface area contributed by atoms with Crippen LogP contribution in [0.4, 0.5) is 0 Å². The van der Waals surface area contributed by atoms with Gasteiger partial charge in [-0.3, -0.25) is 9.89 Å². The molecule has 27 heavy (non-hydrogen) atoms. The maximum absolute atomic E-state index is 12.6. The molecule has 148 valence electrons. The van der Waals surface area contributed by atoms with Crippen LogP contribution in [0.5, 0.6) is 0 Å². The largest absolute Gasteiger partial charge is 0.339 e. The van der Waals surface area contributed by atoms with Gasteiger partial charge in [-0.2, -0.15) is 5.10 Å². The lowest BCUT2D eigenvalue weighted by Crippen LogP contribution is -2.37. The number of aromatic amines is 1. The number of fused-ring (bicyclic) bond motifs is 1. The van der Waals surface area contributed by atoms with Crippen LogP contribution in [-0.4, -0.2) is 56.1 Å². The van der Waals surface area contributed by atoms with Gasteiger partial charge in [-0.05, 0) is 19.1 Å². The number of sulfonamides is 1. The maximum atomic E-state index is 12.6. The second-order valence-electron chi connectivity index (χ2n) is 6.39. The zero-order chi connectivity index (χ0) is 18.7. The first kappa shape index (κ1) is 21.4. The van der Waals surface area contributed by atoms with Gasteiger partial charge in [-0.15, -0.1) is 12.4 Å². The summed E-state index contributed by atoms with van der Waals surface area (Å²) in [5.41, 5.74) is 3.27. The first-order valence-corrected chi connectivity index (χ1v) is 9.95. The summed E-state index contributed by atoms with van der Waals surface area (Å²) in [5, 5.41) is 10.3. The Morgan fingerprint density at radius 1 is 1.30 bits per heavy atom. The lowest BCUT2D eigenvalue weighted by atomic mass is 10.1. The number of likely N-dealkylation sites (N-methyl/N-ethyl adjacent to an activating group) is 1. The van der Waals surface area contributed by atoms with E-state index in [-0.39, 0.29) is 36.3 Å². The molecule has 0 radical (unpaired) electrons. The van der Waals surface area contributed by atoms with Gasteiger partial charge in [0.1, 0.15) is 0 Å². The Kier molecular flexibility index (Phi) is 6.99. The van der Waals surface area contributed by atoms with E-state index in [0.29, 0.717) is 12.2 Å². The third-order valence-electron chi connectivity index (χ3n) is 4.43. The number of halogens is 1. The van der Waals surface area contributed by atoms with Gasteiger partial charge < -0.3 is 10.2 Å². The molecule has 0 aliphatic carbocycles. The number of amides is 1. The Morgan fingerprint density at radius 3 is 2.70 bits per heavy atom. The fraction of sp³-hybridized carbons (Fsp3) is 0.412. The zero-order valence-corrected chi connectivity index (χ0v) is 16.9. The number of nitrogens with one attached hydrogen (secondary N) is 3. The van der Waals surface area contributed by atoms with Crippen molar-refractivity contribution < 1.29 is 13.2 Å². The number of hydrogen-bond acceptors (Lipinski definition) is 5. The van der Waals surface area contributed by atoms with E-state index in [4.69, 9.17) is 0 Å². The van der Waals surface area contributed by atoms with Crippen molar-refractivity contribution in [1.82, 2.24) is 25.1 Å². The summed E-state index contributed by atoms with van der Waals surface area (Å²) < 4.78 is 27.1. The average molecular weight is 414 g/mol. The standard InChI is InChI=1S/C17H23N5O3S.ClH/c1-12-3-5-13(6-4-12)26(24,25)19-9-10-22(2)17(23)16-14-11-18-8-7-15(14)20-21-16;/h3-6,18-19H,7-11H2,1-2H3,(H,20,21);1H. The highest BCUT2D eigenvalue weighted by atomic mass is 35.5. The van der Waals surface area contributed by atoms with Gasteiger partial charge in [0.15, 0.2) is 5.69 Å². The highest BCUT2D eigenvalue weighted by Crippen LogP contribution is 2.16. The molecule has 2 heterocycles. The van der Waals surface area contributed by atoms with Crippen molar-refractivity contribution in [1.29, 1.82) is 0 Å². The number of carbonyl (C=O) groups is 1. The predicted molar refractivity (Wildman–Crippen MR) is 105 cm³/mol. The van der Waals surface area contributed by atoms with Gasteiger partial charge in [-0.1, -0.05) is 17.7 Å². The molecule has 0 unspecified atom stereocenters.